The fourth-order valence-electron chi connectivity index (χ4n) is 1.83. The number of hydrogen-bond acceptors (Lipinski definition) is 4. The number of hydrogen-bond donors (Lipinski definition) is 1. The molecule has 0 aliphatic rings. The van der Waals surface area contributed by atoms with Crippen molar-refractivity contribution < 1.29 is 4.74 Å². The van der Waals surface area contributed by atoms with Gasteiger partial charge < -0.3 is 10.1 Å². The average Bonchev–Trinajstić information content (AvgIpc) is 2.48. The third-order valence-corrected chi connectivity index (χ3v) is 3.48. The van der Waals surface area contributed by atoms with Gasteiger partial charge in [-0.05, 0) is 53.2 Å². The monoisotopic (exact) mass is 335 g/mol. The molecule has 106 valence electrons. The molecule has 1 N–H and O–H groups in total. The summed E-state index contributed by atoms with van der Waals surface area (Å²) in [5.41, 5.74) is 1.96. The van der Waals surface area contributed by atoms with Crippen LogP contribution in [0.4, 0.5) is 0 Å². The molecule has 0 amide bonds. The van der Waals surface area contributed by atoms with Gasteiger partial charge in [0, 0.05) is 18.3 Å². The molecule has 0 atom stereocenters. The molecule has 2 rings (SSSR count). The van der Waals surface area contributed by atoms with E-state index in [1.165, 1.54) is 0 Å². The molecule has 20 heavy (non-hydrogen) atoms. The van der Waals surface area contributed by atoms with Gasteiger partial charge in [-0.25, -0.2) is 9.97 Å². The number of rotatable bonds is 6. The van der Waals surface area contributed by atoms with Gasteiger partial charge >= 0.3 is 0 Å². The molecular formula is C15H18BrN3O. The Labute approximate surface area is 127 Å². The van der Waals surface area contributed by atoms with Crippen molar-refractivity contribution in [3.63, 3.8) is 0 Å². The molecule has 1 heterocycles. The number of ether oxygens (including phenoxy) is 1. The molecule has 0 bridgehead atoms. The normalized spacial score (nSPS) is 10.6. The second-order valence-corrected chi connectivity index (χ2v) is 5.25. The standard InChI is InChI=1S/C15H18BrN3O/c1-3-7-17-10-12-6-8-18-15(19-12)11-4-5-14(20-2)13(16)9-11/h4-6,8-9,17H,3,7,10H2,1-2H3. The van der Waals surface area contributed by atoms with Crippen LogP contribution in [0, 0.1) is 0 Å². The van der Waals surface area contributed by atoms with Crippen LogP contribution in [0.1, 0.15) is 19.0 Å². The van der Waals surface area contributed by atoms with E-state index in [1.807, 2.05) is 24.3 Å². The van der Waals surface area contributed by atoms with Gasteiger partial charge in [0.25, 0.3) is 0 Å². The predicted octanol–water partition coefficient (Wildman–Crippen LogP) is 3.41. The maximum atomic E-state index is 5.23. The summed E-state index contributed by atoms with van der Waals surface area (Å²) in [6.07, 6.45) is 2.91. The maximum Gasteiger partial charge on any atom is 0.159 e. The largest absolute Gasteiger partial charge is 0.496 e. The average molecular weight is 336 g/mol. The van der Waals surface area contributed by atoms with Crippen molar-refractivity contribution in [2.75, 3.05) is 13.7 Å². The Kier molecular flexibility index (Phi) is 5.49. The molecule has 5 heteroatoms. The van der Waals surface area contributed by atoms with Crippen LogP contribution < -0.4 is 10.1 Å². The molecular weight excluding hydrogens is 318 g/mol. The van der Waals surface area contributed by atoms with E-state index in [1.54, 1.807) is 13.3 Å². The predicted molar refractivity (Wildman–Crippen MR) is 83.7 cm³/mol. The molecule has 0 spiro atoms. The molecule has 0 radical (unpaired) electrons. The summed E-state index contributed by atoms with van der Waals surface area (Å²) < 4.78 is 6.13. The number of nitrogens with one attached hydrogen (secondary N) is 1. The zero-order valence-electron chi connectivity index (χ0n) is 11.7. The van der Waals surface area contributed by atoms with Crippen LogP contribution in [0.5, 0.6) is 5.75 Å². The lowest BCUT2D eigenvalue weighted by Gasteiger charge is -2.07. The van der Waals surface area contributed by atoms with Crippen molar-refractivity contribution in [2.45, 2.75) is 19.9 Å². The number of methoxy groups -OCH3 is 1. The zero-order valence-corrected chi connectivity index (χ0v) is 13.3. The fraction of sp³-hybridized carbons (Fsp3) is 0.333. The lowest BCUT2D eigenvalue weighted by molar-refractivity contribution is 0.412. The lowest BCUT2D eigenvalue weighted by atomic mass is 10.2. The molecule has 0 unspecified atom stereocenters. The highest BCUT2D eigenvalue weighted by Gasteiger charge is 2.06. The van der Waals surface area contributed by atoms with Crippen LogP contribution in [-0.2, 0) is 6.54 Å². The number of benzene rings is 1. The topological polar surface area (TPSA) is 47.0 Å². The Morgan fingerprint density at radius 3 is 2.85 bits per heavy atom. The van der Waals surface area contributed by atoms with Crippen LogP contribution in [0.25, 0.3) is 11.4 Å². The van der Waals surface area contributed by atoms with Crippen LogP contribution in [0.15, 0.2) is 34.9 Å². The van der Waals surface area contributed by atoms with Gasteiger partial charge in [-0.15, -0.1) is 0 Å². The van der Waals surface area contributed by atoms with Crippen molar-refractivity contribution in [1.29, 1.82) is 0 Å². The van der Waals surface area contributed by atoms with Crippen molar-refractivity contribution in [2.24, 2.45) is 0 Å². The van der Waals surface area contributed by atoms with Crippen LogP contribution >= 0.6 is 15.9 Å². The summed E-state index contributed by atoms with van der Waals surface area (Å²) in [7, 11) is 1.65. The second-order valence-electron chi connectivity index (χ2n) is 4.40. The molecule has 0 saturated heterocycles. The highest BCUT2D eigenvalue weighted by Crippen LogP contribution is 2.28. The van der Waals surface area contributed by atoms with Gasteiger partial charge in [0.1, 0.15) is 5.75 Å². The molecule has 0 fully saturated rings. The summed E-state index contributed by atoms with van der Waals surface area (Å²) in [6.45, 7) is 3.90. The van der Waals surface area contributed by atoms with Crippen molar-refractivity contribution in [1.82, 2.24) is 15.3 Å². The van der Waals surface area contributed by atoms with Crippen LogP contribution in [0.2, 0.25) is 0 Å². The van der Waals surface area contributed by atoms with Gasteiger partial charge in [-0.1, -0.05) is 6.92 Å². The summed E-state index contributed by atoms with van der Waals surface area (Å²) >= 11 is 3.48. The Morgan fingerprint density at radius 1 is 1.30 bits per heavy atom. The van der Waals surface area contributed by atoms with E-state index in [0.717, 1.165) is 46.8 Å². The van der Waals surface area contributed by atoms with E-state index < -0.39 is 0 Å². The first-order valence-electron chi connectivity index (χ1n) is 6.61. The third kappa shape index (κ3) is 3.77. The zero-order chi connectivity index (χ0) is 14.4. The highest BCUT2D eigenvalue weighted by atomic mass is 79.9. The van der Waals surface area contributed by atoms with Gasteiger partial charge in [-0.2, -0.15) is 0 Å². The molecule has 2 aromatic rings. The number of halogens is 1. The summed E-state index contributed by atoms with van der Waals surface area (Å²) in [6, 6.07) is 7.77. The Balaban J connectivity index is 2.19. The van der Waals surface area contributed by atoms with Crippen LogP contribution in [0.3, 0.4) is 0 Å². The number of nitrogens with zero attached hydrogens (tertiary/aromatic N) is 2. The SMILES string of the molecule is CCCNCc1ccnc(-c2ccc(OC)c(Br)c2)n1. The summed E-state index contributed by atoms with van der Waals surface area (Å²) in [5.74, 6) is 1.53. The third-order valence-electron chi connectivity index (χ3n) is 2.86. The summed E-state index contributed by atoms with van der Waals surface area (Å²) in [4.78, 5) is 8.91. The lowest BCUT2D eigenvalue weighted by Crippen LogP contribution is -2.15. The van der Waals surface area contributed by atoms with E-state index in [2.05, 4.69) is 38.1 Å². The molecule has 0 aliphatic carbocycles. The van der Waals surface area contributed by atoms with E-state index in [4.69, 9.17) is 4.74 Å². The highest BCUT2D eigenvalue weighted by molar-refractivity contribution is 9.10. The Bertz CT molecular complexity index is 575. The minimum absolute atomic E-state index is 0.726. The quantitative estimate of drug-likeness (QED) is 0.821. The van der Waals surface area contributed by atoms with Gasteiger partial charge in [0.2, 0.25) is 0 Å². The molecule has 1 aromatic heterocycles. The Morgan fingerprint density at radius 2 is 2.15 bits per heavy atom. The van der Waals surface area contributed by atoms with Gasteiger partial charge in [0.15, 0.2) is 5.82 Å². The number of aromatic nitrogens is 2. The molecule has 4 nitrogen and oxygen atoms in total. The molecule has 1 aromatic carbocycles. The van der Waals surface area contributed by atoms with Crippen LogP contribution in [-0.4, -0.2) is 23.6 Å². The van der Waals surface area contributed by atoms with E-state index >= 15 is 0 Å². The fourth-order valence-corrected chi connectivity index (χ4v) is 2.37. The minimum atomic E-state index is 0.726. The second kappa shape index (κ2) is 7.36. The molecule has 0 aliphatic heterocycles. The van der Waals surface area contributed by atoms with E-state index in [-0.39, 0.29) is 0 Å². The maximum absolute atomic E-state index is 5.23. The van der Waals surface area contributed by atoms with E-state index in [9.17, 15) is 0 Å². The minimum Gasteiger partial charge on any atom is -0.496 e. The van der Waals surface area contributed by atoms with Crippen molar-refractivity contribution >= 4 is 15.9 Å². The van der Waals surface area contributed by atoms with Crippen molar-refractivity contribution in [3.05, 3.63) is 40.6 Å². The Hall–Kier alpha value is -1.46. The first-order chi connectivity index (χ1) is 9.74. The molecule has 0 saturated carbocycles. The van der Waals surface area contributed by atoms with Gasteiger partial charge in [0.05, 0.1) is 17.3 Å². The smallest absolute Gasteiger partial charge is 0.159 e. The van der Waals surface area contributed by atoms with Crippen molar-refractivity contribution in [3.8, 4) is 17.1 Å². The van der Waals surface area contributed by atoms with Gasteiger partial charge in [-0.3, -0.25) is 0 Å². The summed E-state index contributed by atoms with van der Waals surface area (Å²) in [5, 5.41) is 3.34. The van der Waals surface area contributed by atoms with E-state index in [0.29, 0.717) is 0 Å². The first-order valence-corrected chi connectivity index (χ1v) is 7.40. The first kappa shape index (κ1) is 14.9.